The van der Waals surface area contributed by atoms with E-state index in [1.165, 1.54) is 7.11 Å². The second-order valence-corrected chi connectivity index (χ2v) is 6.28. The van der Waals surface area contributed by atoms with Crippen LogP contribution in [0.2, 0.25) is 0 Å². The highest BCUT2D eigenvalue weighted by molar-refractivity contribution is 5.94. The molecule has 0 fully saturated rings. The molecule has 0 aliphatic rings. The van der Waals surface area contributed by atoms with Crippen molar-refractivity contribution in [2.24, 2.45) is 0 Å². The van der Waals surface area contributed by atoms with Gasteiger partial charge >= 0.3 is 0 Å². The summed E-state index contributed by atoms with van der Waals surface area (Å²) in [6, 6.07) is 21.3. The van der Waals surface area contributed by atoms with Crippen LogP contribution in [0.25, 0.3) is 0 Å². The maximum Gasteiger partial charge on any atom is 0.251 e. The molecule has 0 saturated heterocycles. The molecule has 2 N–H and O–H groups in total. The summed E-state index contributed by atoms with van der Waals surface area (Å²) >= 11 is 0. The van der Waals surface area contributed by atoms with Crippen molar-refractivity contribution in [2.45, 2.75) is 6.10 Å². The molecule has 3 aromatic carbocycles. The van der Waals surface area contributed by atoms with Crippen molar-refractivity contribution in [3.8, 4) is 23.0 Å². The summed E-state index contributed by atoms with van der Waals surface area (Å²) in [5.74, 6) is 2.17. The average Bonchev–Trinajstić information content (AvgIpc) is 2.78. The number of nitrogens with one attached hydrogen (secondary N) is 1. The van der Waals surface area contributed by atoms with Crippen LogP contribution in [0.4, 0.5) is 0 Å². The first-order chi connectivity index (χ1) is 14.1. The van der Waals surface area contributed by atoms with Crippen LogP contribution in [0.5, 0.6) is 23.0 Å². The van der Waals surface area contributed by atoms with Gasteiger partial charge in [-0.25, -0.2) is 0 Å². The summed E-state index contributed by atoms with van der Waals surface area (Å²) in [5, 5.41) is 13.1. The molecule has 3 aromatic rings. The number of benzene rings is 3. The first kappa shape index (κ1) is 20.2. The number of para-hydroxylation sites is 1. The van der Waals surface area contributed by atoms with Crippen LogP contribution in [0.3, 0.4) is 0 Å². The van der Waals surface area contributed by atoms with Crippen LogP contribution in [0.1, 0.15) is 22.0 Å². The van der Waals surface area contributed by atoms with Gasteiger partial charge in [-0.05, 0) is 54.1 Å². The van der Waals surface area contributed by atoms with Crippen molar-refractivity contribution in [1.29, 1.82) is 0 Å². The second kappa shape index (κ2) is 9.61. The van der Waals surface area contributed by atoms with Gasteiger partial charge < -0.3 is 24.6 Å². The minimum atomic E-state index is -0.876. The molecule has 1 amide bonds. The standard InChI is InChI=1S/C23H23NO5/c1-27-21-13-10-17(14-22(21)28-2)20(25)15-24-23(26)16-8-11-19(12-9-16)29-18-6-4-3-5-7-18/h3-14,20,25H,15H2,1-2H3,(H,24,26). The van der Waals surface area contributed by atoms with Crippen molar-refractivity contribution in [2.75, 3.05) is 20.8 Å². The Morgan fingerprint density at radius 2 is 1.55 bits per heavy atom. The summed E-state index contributed by atoms with van der Waals surface area (Å²) in [4.78, 5) is 12.4. The summed E-state index contributed by atoms with van der Waals surface area (Å²) < 4.78 is 16.1. The normalized spacial score (nSPS) is 11.4. The third-order valence-corrected chi connectivity index (χ3v) is 4.34. The van der Waals surface area contributed by atoms with Gasteiger partial charge in [-0.15, -0.1) is 0 Å². The summed E-state index contributed by atoms with van der Waals surface area (Å²) in [6.45, 7) is 0.0661. The smallest absolute Gasteiger partial charge is 0.251 e. The molecule has 0 radical (unpaired) electrons. The zero-order chi connectivity index (χ0) is 20.6. The molecule has 0 heterocycles. The predicted molar refractivity (Wildman–Crippen MR) is 110 cm³/mol. The molecule has 1 atom stereocenters. The Morgan fingerprint density at radius 3 is 2.21 bits per heavy atom. The van der Waals surface area contributed by atoms with Crippen molar-refractivity contribution in [3.63, 3.8) is 0 Å². The van der Waals surface area contributed by atoms with Crippen LogP contribution in [-0.2, 0) is 0 Å². The van der Waals surface area contributed by atoms with Crippen molar-refractivity contribution in [3.05, 3.63) is 83.9 Å². The predicted octanol–water partition coefficient (Wildman–Crippen LogP) is 3.96. The van der Waals surface area contributed by atoms with E-state index in [0.29, 0.717) is 28.4 Å². The summed E-state index contributed by atoms with van der Waals surface area (Å²) in [5.41, 5.74) is 1.10. The lowest BCUT2D eigenvalue weighted by Crippen LogP contribution is -2.28. The second-order valence-electron chi connectivity index (χ2n) is 6.28. The number of ether oxygens (including phenoxy) is 3. The Morgan fingerprint density at radius 1 is 0.897 bits per heavy atom. The van der Waals surface area contributed by atoms with Gasteiger partial charge in [-0.1, -0.05) is 24.3 Å². The highest BCUT2D eigenvalue weighted by atomic mass is 16.5. The number of hydrogen-bond acceptors (Lipinski definition) is 5. The quantitative estimate of drug-likeness (QED) is 0.606. The van der Waals surface area contributed by atoms with Crippen LogP contribution < -0.4 is 19.5 Å². The van der Waals surface area contributed by atoms with E-state index >= 15 is 0 Å². The van der Waals surface area contributed by atoms with E-state index in [1.807, 2.05) is 30.3 Å². The minimum Gasteiger partial charge on any atom is -0.493 e. The maximum absolute atomic E-state index is 12.4. The van der Waals surface area contributed by atoms with Gasteiger partial charge in [0, 0.05) is 12.1 Å². The third kappa shape index (κ3) is 5.27. The Kier molecular flexibility index (Phi) is 6.71. The molecule has 1 unspecified atom stereocenters. The van der Waals surface area contributed by atoms with E-state index in [4.69, 9.17) is 14.2 Å². The van der Waals surface area contributed by atoms with Crippen LogP contribution >= 0.6 is 0 Å². The summed E-state index contributed by atoms with van der Waals surface area (Å²) in [7, 11) is 3.07. The van der Waals surface area contributed by atoms with Crippen LogP contribution in [0.15, 0.2) is 72.8 Å². The van der Waals surface area contributed by atoms with Gasteiger partial charge in [-0.2, -0.15) is 0 Å². The molecule has 0 aliphatic carbocycles. The van der Waals surface area contributed by atoms with E-state index in [9.17, 15) is 9.90 Å². The van der Waals surface area contributed by atoms with Crippen LogP contribution in [0, 0.1) is 0 Å². The fraction of sp³-hybridized carbons (Fsp3) is 0.174. The number of methoxy groups -OCH3 is 2. The molecule has 0 bridgehead atoms. The molecule has 3 rings (SSSR count). The molecule has 0 aromatic heterocycles. The zero-order valence-corrected chi connectivity index (χ0v) is 16.3. The number of amides is 1. The Labute approximate surface area is 169 Å². The fourth-order valence-electron chi connectivity index (χ4n) is 2.77. The number of carbonyl (C=O) groups excluding carboxylic acids is 1. The molecular weight excluding hydrogens is 370 g/mol. The molecule has 150 valence electrons. The number of aliphatic hydroxyl groups excluding tert-OH is 1. The first-order valence-electron chi connectivity index (χ1n) is 9.12. The van der Waals surface area contributed by atoms with Gasteiger partial charge in [0.1, 0.15) is 11.5 Å². The molecule has 29 heavy (non-hydrogen) atoms. The lowest BCUT2D eigenvalue weighted by atomic mass is 10.1. The molecule has 0 spiro atoms. The number of rotatable bonds is 8. The SMILES string of the molecule is COc1ccc(C(O)CNC(=O)c2ccc(Oc3ccccc3)cc2)cc1OC. The molecular formula is C23H23NO5. The topological polar surface area (TPSA) is 77.0 Å². The minimum absolute atomic E-state index is 0.0661. The van der Waals surface area contributed by atoms with E-state index < -0.39 is 6.10 Å². The molecule has 0 saturated carbocycles. The number of hydrogen-bond donors (Lipinski definition) is 2. The highest BCUT2D eigenvalue weighted by Crippen LogP contribution is 2.29. The van der Waals surface area contributed by atoms with Crippen LogP contribution in [-0.4, -0.2) is 31.8 Å². The fourth-order valence-corrected chi connectivity index (χ4v) is 2.77. The van der Waals surface area contributed by atoms with Crippen molar-refractivity contribution >= 4 is 5.91 Å². The molecule has 6 heteroatoms. The Hall–Kier alpha value is -3.51. The van der Waals surface area contributed by atoms with Gasteiger partial charge in [0.15, 0.2) is 11.5 Å². The summed E-state index contributed by atoms with van der Waals surface area (Å²) in [6.07, 6.45) is -0.876. The lowest BCUT2D eigenvalue weighted by molar-refractivity contribution is 0.0916. The van der Waals surface area contributed by atoms with E-state index in [1.54, 1.807) is 49.6 Å². The van der Waals surface area contributed by atoms with E-state index in [0.717, 1.165) is 5.75 Å². The highest BCUT2D eigenvalue weighted by Gasteiger charge is 2.14. The average molecular weight is 393 g/mol. The third-order valence-electron chi connectivity index (χ3n) is 4.34. The Bertz CT molecular complexity index is 941. The Balaban J connectivity index is 1.57. The first-order valence-corrected chi connectivity index (χ1v) is 9.12. The zero-order valence-electron chi connectivity index (χ0n) is 16.3. The van der Waals surface area contributed by atoms with E-state index in [-0.39, 0.29) is 12.5 Å². The van der Waals surface area contributed by atoms with Gasteiger partial charge in [0.05, 0.1) is 20.3 Å². The maximum atomic E-state index is 12.4. The number of aliphatic hydroxyl groups is 1. The van der Waals surface area contributed by atoms with Gasteiger partial charge in [0.2, 0.25) is 0 Å². The monoisotopic (exact) mass is 393 g/mol. The van der Waals surface area contributed by atoms with Gasteiger partial charge in [-0.3, -0.25) is 4.79 Å². The van der Waals surface area contributed by atoms with Gasteiger partial charge in [0.25, 0.3) is 5.91 Å². The van der Waals surface area contributed by atoms with Crippen molar-refractivity contribution < 1.29 is 24.1 Å². The molecule has 0 aliphatic heterocycles. The number of carbonyl (C=O) groups is 1. The van der Waals surface area contributed by atoms with E-state index in [2.05, 4.69) is 5.32 Å². The lowest BCUT2D eigenvalue weighted by Gasteiger charge is -2.15. The van der Waals surface area contributed by atoms with Crippen molar-refractivity contribution in [1.82, 2.24) is 5.32 Å². The molecule has 6 nitrogen and oxygen atoms in total. The largest absolute Gasteiger partial charge is 0.493 e.